The van der Waals surface area contributed by atoms with E-state index in [1.807, 2.05) is 6.62 Å². The fraction of sp³-hybridized carbons (Fsp3) is 0.200. The molecular weight excluding hydrogens is 1920 g/mol. The van der Waals surface area contributed by atoms with Crippen LogP contribution in [0.1, 0.15) is 17.7 Å². The van der Waals surface area contributed by atoms with Crippen molar-refractivity contribution < 1.29 is 48.0 Å². The van der Waals surface area contributed by atoms with E-state index in [1.54, 1.807) is 17.7 Å². The summed E-state index contributed by atoms with van der Waals surface area (Å²) in [5, 5.41) is 67.1. The summed E-state index contributed by atoms with van der Waals surface area (Å²) in [5.74, 6) is -3.35. The predicted octanol–water partition coefficient (Wildman–Crippen LogP) is 12.9. The van der Waals surface area contributed by atoms with Gasteiger partial charge in [-0.3, -0.25) is 0 Å². The molecule has 0 spiro atoms. The van der Waals surface area contributed by atoms with E-state index < -0.39 is 34.5 Å². The predicted molar refractivity (Wildman–Crippen MR) is 269 cm³/mol. The zero-order valence-electron chi connectivity index (χ0n) is 28.0. The molecule has 57 heavy (non-hydrogen) atoms. The van der Waals surface area contributed by atoms with E-state index in [9.17, 15) is 30.6 Å². The standard InChI is InChI=1S/C10H12Se4.3C6H2Br4O2.2CH2Cl2.Cr/c1-5-6(2)12-9(11-5)10-13-7(3)8(4)14-10;3*7-1-2(8)4(10)6(12)5(11)3(1)9;2*2-1-3;/h1-4H3;3*11-12H;2*1H2;/q+2;;;;;;+4/p-6. The van der Waals surface area contributed by atoms with Crippen molar-refractivity contribution in [2.45, 2.75) is 27.7 Å². The summed E-state index contributed by atoms with van der Waals surface area (Å²) in [4.78, 5) is 0. The first-order valence-electron chi connectivity index (χ1n) is 13.4. The van der Waals surface area contributed by atoms with Gasteiger partial charge >= 0.3 is 127 Å². The molecule has 0 N–H and O–H groups in total. The van der Waals surface area contributed by atoms with Crippen molar-refractivity contribution in [1.82, 2.24) is 0 Å². The molecule has 0 atom stereocenters. The zero-order chi connectivity index (χ0) is 44.1. The van der Waals surface area contributed by atoms with Gasteiger partial charge in [0, 0.05) is 53.7 Å². The van der Waals surface area contributed by atoms with Gasteiger partial charge in [-0.1, -0.05) is 95.6 Å². The first-order chi connectivity index (χ1) is 25.8. The van der Waals surface area contributed by atoms with E-state index in [0.29, 0.717) is 26.8 Å². The quantitative estimate of drug-likeness (QED) is 0.0709. The summed E-state index contributed by atoms with van der Waals surface area (Å²) in [6.45, 7) is 9.36. The summed E-state index contributed by atoms with van der Waals surface area (Å²) in [5.41, 5.74) is 0. The maximum Gasteiger partial charge on any atom is 4.00 e. The fourth-order valence-electron chi connectivity index (χ4n) is 2.83. The SMILES string of the molecule is Cc1[se]c(-c2[se]c(C)c(C)[se+]2)[se+]c1C.ClCCl.ClCCl.[Cr+4].[O-]c1c([O-])c(Br)c(Br)c(Br)c1Br.[O-]c1c([O-])c(Br)c(Br)c(Br)c1Br.[O-]c1c([O-])c(Br)c(Br)c(Br)c1Br. The third-order valence-electron chi connectivity index (χ3n) is 5.69. The van der Waals surface area contributed by atoms with Crippen molar-refractivity contribution in [1.29, 1.82) is 0 Å². The number of alkyl halides is 4. The van der Waals surface area contributed by atoms with E-state index in [-0.39, 0.29) is 54.9 Å². The molecule has 0 aliphatic carbocycles. The summed E-state index contributed by atoms with van der Waals surface area (Å²) in [7, 11) is 0. The van der Waals surface area contributed by atoms with Gasteiger partial charge < -0.3 is 30.6 Å². The van der Waals surface area contributed by atoms with Crippen LogP contribution in [0.3, 0.4) is 0 Å². The van der Waals surface area contributed by atoms with Gasteiger partial charge in [-0.05, 0) is 95.6 Å². The second-order valence-electron chi connectivity index (χ2n) is 9.15. The van der Waals surface area contributed by atoms with Gasteiger partial charge in [-0.2, -0.15) is 0 Å². The number of hydrogen-bond donors (Lipinski definition) is 0. The molecular formula is C30H16Br12Cl4CrO6Se4. The smallest absolute Gasteiger partial charge is 0.872 e. The van der Waals surface area contributed by atoms with Gasteiger partial charge in [0.05, 0.1) is 10.7 Å². The molecule has 0 amide bonds. The van der Waals surface area contributed by atoms with Gasteiger partial charge in [-0.25, -0.2) is 0 Å². The second kappa shape index (κ2) is 32.0. The third-order valence-corrected chi connectivity index (χ3v) is 35.7. The van der Waals surface area contributed by atoms with Gasteiger partial charge in [0.1, 0.15) is 0 Å². The van der Waals surface area contributed by atoms with Gasteiger partial charge in [0.15, 0.2) is 0 Å². The van der Waals surface area contributed by atoms with Crippen molar-refractivity contribution in [2.24, 2.45) is 0 Å². The molecule has 0 saturated heterocycles. The number of halogens is 16. The largest absolute Gasteiger partial charge is 4.00 e. The van der Waals surface area contributed by atoms with Crippen LogP contribution >= 0.6 is 238 Å². The molecule has 27 heteroatoms. The molecule has 0 saturated carbocycles. The van der Waals surface area contributed by atoms with E-state index in [1.165, 1.54) is 0 Å². The molecule has 2 aromatic heterocycles. The molecule has 314 valence electrons. The molecule has 2 heterocycles. The van der Waals surface area contributed by atoms with Crippen molar-refractivity contribution in [2.75, 3.05) is 10.7 Å². The Morgan fingerprint density at radius 1 is 0.368 bits per heavy atom. The summed E-state index contributed by atoms with van der Waals surface area (Å²) < 4.78 is 15.3. The third kappa shape index (κ3) is 19.4. The molecule has 5 aromatic rings. The van der Waals surface area contributed by atoms with Gasteiger partial charge in [0.25, 0.3) is 0 Å². The van der Waals surface area contributed by atoms with Crippen LogP contribution in [0, 0.1) is 27.7 Å². The molecule has 0 bridgehead atoms. The minimum absolute atomic E-state index is 0. The van der Waals surface area contributed by atoms with E-state index in [0.717, 1.165) is 58.0 Å². The van der Waals surface area contributed by atoms with Gasteiger partial charge in [0.2, 0.25) is 0 Å². The summed E-state index contributed by atoms with van der Waals surface area (Å²) in [6.07, 6.45) is 0. The Balaban J connectivity index is 0. The minimum Gasteiger partial charge on any atom is -0.872 e. The van der Waals surface area contributed by atoms with Crippen LogP contribution < -0.4 is 30.6 Å². The van der Waals surface area contributed by atoms with Crippen molar-refractivity contribution in [3.63, 3.8) is 0 Å². The average Bonchev–Trinajstić information content (AvgIpc) is 3.70. The Bertz CT molecular complexity index is 1570. The number of rotatable bonds is 1. The Kier molecular flexibility index (Phi) is 36.2. The molecule has 0 radical (unpaired) electrons. The molecule has 0 fully saturated rings. The monoisotopic (exact) mass is 1930 g/mol. The molecule has 3 aromatic carbocycles. The van der Waals surface area contributed by atoms with Crippen LogP contribution in [-0.2, 0) is 17.4 Å². The number of benzene rings is 3. The fourth-order valence-corrected chi connectivity index (χ4v) is 25.2. The second-order valence-corrected chi connectivity index (χ2v) is 33.2. The van der Waals surface area contributed by atoms with Crippen molar-refractivity contribution >= 4 is 296 Å². The molecule has 5 rings (SSSR count). The van der Waals surface area contributed by atoms with Crippen molar-refractivity contribution in [3.05, 3.63) is 71.4 Å². The summed E-state index contributed by atoms with van der Waals surface area (Å²) >= 11 is 59.0. The minimum atomic E-state index is -0.558. The van der Waals surface area contributed by atoms with Crippen LogP contribution in [-0.4, -0.2) is 68.7 Å². The maximum absolute atomic E-state index is 11.1. The van der Waals surface area contributed by atoms with Crippen molar-refractivity contribution in [3.8, 4) is 41.1 Å². The molecule has 0 unspecified atom stereocenters. The maximum atomic E-state index is 11.1. The molecule has 0 aliphatic rings. The van der Waals surface area contributed by atoms with E-state index >= 15 is 0 Å². The van der Waals surface area contributed by atoms with Crippen LogP contribution in [0.25, 0.3) is 6.62 Å². The first-order valence-corrected chi connectivity index (χ1v) is 32.0. The van der Waals surface area contributed by atoms with E-state index in [4.69, 9.17) is 46.4 Å². The van der Waals surface area contributed by atoms with Crippen LogP contribution in [0.4, 0.5) is 0 Å². The zero-order valence-corrected chi connectivity index (χ0v) is 58.1. The Morgan fingerprint density at radius 2 is 0.509 bits per heavy atom. The van der Waals surface area contributed by atoms with Gasteiger partial charge in [-0.15, -0.1) is 80.9 Å². The Morgan fingerprint density at radius 3 is 0.614 bits per heavy atom. The average molecular weight is 1940 g/mol. The Labute approximate surface area is 485 Å². The van der Waals surface area contributed by atoms with Crippen LogP contribution in [0.2, 0.25) is 0 Å². The first kappa shape index (κ1) is 64.3. The normalized spacial score (nSPS) is 9.82. The molecule has 6 nitrogen and oxygen atoms in total. The Hall–Kier alpha value is 5.21. The van der Waals surface area contributed by atoms with E-state index in [2.05, 4.69) is 219 Å². The summed E-state index contributed by atoms with van der Waals surface area (Å²) in [6, 6.07) is 0. The number of aryl methyl sites for hydroxylation is 4. The topological polar surface area (TPSA) is 138 Å². The van der Waals surface area contributed by atoms with Crippen LogP contribution in [0.15, 0.2) is 53.7 Å². The molecule has 0 aliphatic heterocycles. The number of hydrogen-bond acceptors (Lipinski definition) is 6. The van der Waals surface area contributed by atoms with Crippen LogP contribution in [0.5, 0.6) is 34.5 Å².